The summed E-state index contributed by atoms with van der Waals surface area (Å²) in [6.45, 7) is 1.16. The summed E-state index contributed by atoms with van der Waals surface area (Å²) in [5.74, 6) is 0.591. The van der Waals surface area contributed by atoms with Gasteiger partial charge in [-0.15, -0.1) is 24.0 Å². The molecule has 1 aliphatic heterocycles. The summed E-state index contributed by atoms with van der Waals surface area (Å²) in [4.78, 5) is 5.63. The van der Waals surface area contributed by atoms with Crippen molar-refractivity contribution in [1.29, 1.82) is 0 Å². The molecule has 29 heavy (non-hydrogen) atoms. The van der Waals surface area contributed by atoms with E-state index in [1.54, 1.807) is 13.2 Å². The number of hydrogen-bond donors (Lipinski definition) is 2. The van der Waals surface area contributed by atoms with E-state index in [-0.39, 0.29) is 30.0 Å². The zero-order chi connectivity index (χ0) is 20.0. The van der Waals surface area contributed by atoms with Crippen LogP contribution in [0.25, 0.3) is 0 Å². The number of nitrogens with zero attached hydrogens (tertiary/aromatic N) is 4. The maximum Gasteiger partial charge on any atom is 0.401 e. The van der Waals surface area contributed by atoms with E-state index >= 15 is 0 Å². The monoisotopic (exact) mass is 522 g/mol. The van der Waals surface area contributed by atoms with Gasteiger partial charge in [0.2, 0.25) is 0 Å². The Bertz CT molecular complexity index is 779. The number of benzene rings is 1. The molecule has 1 saturated heterocycles. The summed E-state index contributed by atoms with van der Waals surface area (Å²) in [5, 5.41) is 10.7. The summed E-state index contributed by atoms with van der Waals surface area (Å²) in [6, 6.07) is 9.90. The molecule has 1 aromatic heterocycles. The normalized spacial score (nSPS) is 17.8. The van der Waals surface area contributed by atoms with Crippen LogP contribution in [0.3, 0.4) is 0 Å². The van der Waals surface area contributed by atoms with E-state index in [4.69, 9.17) is 0 Å². The number of nitrogens with one attached hydrogen (secondary N) is 2. The van der Waals surface area contributed by atoms with Gasteiger partial charge >= 0.3 is 6.18 Å². The van der Waals surface area contributed by atoms with E-state index in [0.29, 0.717) is 38.6 Å². The quantitative estimate of drug-likeness (QED) is 0.348. The van der Waals surface area contributed by atoms with E-state index in [0.717, 1.165) is 11.1 Å². The van der Waals surface area contributed by atoms with Gasteiger partial charge in [0.1, 0.15) is 0 Å². The lowest BCUT2D eigenvalue weighted by molar-refractivity contribution is -0.143. The van der Waals surface area contributed by atoms with Gasteiger partial charge in [-0.05, 0) is 23.6 Å². The largest absolute Gasteiger partial charge is 0.401 e. The van der Waals surface area contributed by atoms with E-state index < -0.39 is 12.7 Å². The second kappa shape index (κ2) is 10.8. The van der Waals surface area contributed by atoms with Crippen LogP contribution < -0.4 is 10.6 Å². The number of hydrogen-bond acceptors (Lipinski definition) is 3. The highest BCUT2D eigenvalue weighted by molar-refractivity contribution is 14.0. The Hall–Kier alpha value is -1.82. The third kappa shape index (κ3) is 7.50. The van der Waals surface area contributed by atoms with Gasteiger partial charge in [0, 0.05) is 45.1 Å². The van der Waals surface area contributed by atoms with Gasteiger partial charge in [0.05, 0.1) is 13.1 Å². The van der Waals surface area contributed by atoms with Gasteiger partial charge < -0.3 is 10.6 Å². The SMILES string of the molecule is CN=C(NCc1ccccc1Cn1cccn1)NC1CCN(CC(F)(F)F)C1.I. The van der Waals surface area contributed by atoms with Crippen molar-refractivity contribution in [3.63, 3.8) is 0 Å². The molecule has 10 heteroatoms. The van der Waals surface area contributed by atoms with Crippen LogP contribution in [0.1, 0.15) is 17.5 Å². The van der Waals surface area contributed by atoms with Crippen LogP contribution in [0.15, 0.2) is 47.7 Å². The Morgan fingerprint density at radius 2 is 2.00 bits per heavy atom. The second-order valence-electron chi connectivity index (χ2n) is 6.88. The van der Waals surface area contributed by atoms with Crippen molar-refractivity contribution in [2.24, 2.45) is 4.99 Å². The van der Waals surface area contributed by atoms with Crippen LogP contribution >= 0.6 is 24.0 Å². The molecular weight excluding hydrogens is 496 g/mol. The molecule has 0 radical (unpaired) electrons. The molecule has 2 aromatic rings. The number of halogens is 4. The lowest BCUT2D eigenvalue weighted by atomic mass is 10.1. The van der Waals surface area contributed by atoms with Crippen molar-refractivity contribution in [3.05, 3.63) is 53.9 Å². The zero-order valence-corrected chi connectivity index (χ0v) is 18.5. The predicted molar refractivity (Wildman–Crippen MR) is 117 cm³/mol. The Morgan fingerprint density at radius 3 is 2.66 bits per heavy atom. The summed E-state index contributed by atoms with van der Waals surface area (Å²) in [5.41, 5.74) is 2.26. The molecule has 2 N–H and O–H groups in total. The molecule has 2 heterocycles. The Morgan fingerprint density at radius 1 is 1.24 bits per heavy atom. The molecule has 0 bridgehead atoms. The van der Waals surface area contributed by atoms with Crippen LogP contribution in [0.5, 0.6) is 0 Å². The molecule has 1 atom stereocenters. The van der Waals surface area contributed by atoms with Gasteiger partial charge in [-0.2, -0.15) is 18.3 Å². The third-order valence-corrected chi connectivity index (χ3v) is 4.70. The van der Waals surface area contributed by atoms with Crippen LogP contribution in [0.2, 0.25) is 0 Å². The minimum Gasteiger partial charge on any atom is -0.352 e. The average Bonchev–Trinajstić information content (AvgIpc) is 3.30. The lowest BCUT2D eigenvalue weighted by Crippen LogP contribution is -2.45. The first kappa shape index (κ1) is 23.5. The Kier molecular flexibility index (Phi) is 8.75. The van der Waals surface area contributed by atoms with Crippen molar-refractivity contribution in [2.45, 2.75) is 31.7 Å². The molecule has 1 aliphatic rings. The van der Waals surface area contributed by atoms with Crippen LogP contribution in [0, 0.1) is 0 Å². The predicted octanol–water partition coefficient (Wildman–Crippen LogP) is 2.85. The molecule has 0 spiro atoms. The van der Waals surface area contributed by atoms with Gasteiger partial charge in [0.15, 0.2) is 5.96 Å². The number of aromatic nitrogens is 2. The fourth-order valence-electron chi connectivity index (χ4n) is 3.37. The molecule has 160 valence electrons. The third-order valence-electron chi connectivity index (χ3n) is 4.70. The van der Waals surface area contributed by atoms with E-state index in [1.165, 1.54) is 4.90 Å². The number of rotatable bonds is 6. The van der Waals surface area contributed by atoms with E-state index in [2.05, 4.69) is 26.8 Å². The van der Waals surface area contributed by atoms with Gasteiger partial charge in [-0.3, -0.25) is 14.6 Å². The fourth-order valence-corrected chi connectivity index (χ4v) is 3.37. The maximum absolute atomic E-state index is 12.5. The van der Waals surface area contributed by atoms with Crippen molar-refractivity contribution < 1.29 is 13.2 Å². The van der Waals surface area contributed by atoms with Gasteiger partial charge in [-0.1, -0.05) is 24.3 Å². The number of aliphatic imine (C=N–C) groups is 1. The molecule has 1 unspecified atom stereocenters. The van der Waals surface area contributed by atoms with Gasteiger partial charge in [-0.25, -0.2) is 0 Å². The van der Waals surface area contributed by atoms with E-state index in [9.17, 15) is 13.2 Å². The van der Waals surface area contributed by atoms with Crippen LogP contribution in [-0.2, 0) is 13.1 Å². The summed E-state index contributed by atoms with van der Waals surface area (Å²) in [6.07, 6.45) is 0.160. The van der Waals surface area contributed by atoms with Crippen molar-refractivity contribution >= 4 is 29.9 Å². The highest BCUT2D eigenvalue weighted by Gasteiger charge is 2.34. The minimum atomic E-state index is -4.16. The summed E-state index contributed by atoms with van der Waals surface area (Å²) in [7, 11) is 1.66. The van der Waals surface area contributed by atoms with E-state index in [1.807, 2.05) is 35.1 Å². The second-order valence-corrected chi connectivity index (χ2v) is 6.88. The highest BCUT2D eigenvalue weighted by Crippen LogP contribution is 2.20. The molecule has 0 saturated carbocycles. The van der Waals surface area contributed by atoms with Gasteiger partial charge in [0.25, 0.3) is 0 Å². The molecule has 6 nitrogen and oxygen atoms in total. The van der Waals surface area contributed by atoms with Crippen LogP contribution in [0.4, 0.5) is 13.2 Å². The number of guanidine groups is 1. The Labute approximate surface area is 185 Å². The fraction of sp³-hybridized carbons (Fsp3) is 0.474. The first-order valence-electron chi connectivity index (χ1n) is 9.23. The van der Waals surface area contributed by atoms with Crippen molar-refractivity contribution in [1.82, 2.24) is 25.3 Å². The summed E-state index contributed by atoms with van der Waals surface area (Å²) < 4.78 is 39.5. The zero-order valence-electron chi connectivity index (χ0n) is 16.2. The smallest absolute Gasteiger partial charge is 0.352 e. The molecule has 1 fully saturated rings. The Balaban J connectivity index is 0.00000300. The topological polar surface area (TPSA) is 57.5 Å². The molecule has 3 rings (SSSR count). The first-order valence-corrected chi connectivity index (χ1v) is 9.23. The average molecular weight is 522 g/mol. The lowest BCUT2D eigenvalue weighted by Gasteiger charge is -2.20. The van der Waals surface area contributed by atoms with Crippen molar-refractivity contribution in [3.8, 4) is 0 Å². The van der Waals surface area contributed by atoms with Crippen molar-refractivity contribution in [2.75, 3.05) is 26.7 Å². The molecule has 0 aliphatic carbocycles. The summed E-state index contributed by atoms with van der Waals surface area (Å²) >= 11 is 0. The maximum atomic E-state index is 12.5. The molecular formula is C19H26F3IN6. The standard InChI is InChI=1S/C19H25F3N6.HI/c1-23-18(26-17-7-10-27(13-17)14-19(20,21)22)24-11-15-5-2-3-6-16(15)12-28-9-4-8-25-28;/h2-6,8-9,17H,7,10-14H2,1H3,(H2,23,24,26);1H. The first-order chi connectivity index (χ1) is 13.4. The van der Waals surface area contributed by atoms with Crippen LogP contribution in [-0.4, -0.2) is 59.5 Å². The minimum absolute atomic E-state index is 0. The number of likely N-dealkylation sites (tertiary alicyclic amines) is 1. The molecule has 1 aromatic carbocycles. The molecule has 0 amide bonds. The highest BCUT2D eigenvalue weighted by atomic mass is 127. The number of alkyl halides is 3.